The van der Waals surface area contributed by atoms with Crippen LogP contribution in [0.3, 0.4) is 0 Å². The Hall–Kier alpha value is -2.00. The molecule has 0 saturated carbocycles. The minimum atomic E-state index is 0.320. The highest BCUT2D eigenvalue weighted by Gasteiger charge is 2.24. The molecule has 2 aromatic rings. The predicted molar refractivity (Wildman–Crippen MR) is 78.4 cm³/mol. The zero-order valence-corrected chi connectivity index (χ0v) is 10.9. The van der Waals surface area contributed by atoms with Crippen LogP contribution >= 0.6 is 11.8 Å². The number of thioether (sulfide) groups is 1. The number of hydrogen-bond acceptors (Lipinski definition) is 3. The maximum absolute atomic E-state index is 9.58. The minimum absolute atomic E-state index is 0.320. The van der Waals surface area contributed by atoms with Crippen molar-refractivity contribution in [2.45, 2.75) is 11.3 Å². The van der Waals surface area contributed by atoms with E-state index in [0.717, 1.165) is 28.9 Å². The first kappa shape index (κ1) is 10.9. The Morgan fingerprint density at radius 1 is 1.11 bits per heavy atom. The molecule has 19 heavy (non-hydrogen) atoms. The van der Waals surface area contributed by atoms with Crippen molar-refractivity contribution in [2.24, 2.45) is 4.99 Å². The van der Waals surface area contributed by atoms with Gasteiger partial charge in [-0.15, -0.1) is 0 Å². The Labute approximate surface area is 115 Å². The minimum Gasteiger partial charge on any atom is -0.508 e. The number of hydrogen-bond donors (Lipinski definition) is 1. The number of para-hydroxylation sites is 1. The van der Waals surface area contributed by atoms with Gasteiger partial charge in [-0.3, -0.25) is 0 Å². The third-order valence-electron chi connectivity index (χ3n) is 3.40. The lowest BCUT2D eigenvalue weighted by atomic mass is 9.94. The summed E-state index contributed by atoms with van der Waals surface area (Å²) in [6.07, 6.45) is 3.05. The third kappa shape index (κ3) is 1.70. The molecule has 92 valence electrons. The molecular weight excluding hydrogens is 254 g/mol. The standard InChI is InChI=1S/C16H11NOS/c18-11-6-7-12-10(9-11)5-8-15-16(12)17-13-3-1-2-4-14(13)19-15/h1-4,6-9,18H,5H2. The van der Waals surface area contributed by atoms with E-state index in [0.29, 0.717) is 5.75 Å². The lowest BCUT2D eigenvalue weighted by Crippen LogP contribution is -2.13. The van der Waals surface area contributed by atoms with Crippen LogP contribution < -0.4 is 0 Å². The highest BCUT2D eigenvalue weighted by molar-refractivity contribution is 8.04. The lowest BCUT2D eigenvalue weighted by Gasteiger charge is -2.23. The largest absolute Gasteiger partial charge is 0.508 e. The van der Waals surface area contributed by atoms with E-state index in [1.54, 1.807) is 17.8 Å². The molecule has 0 amide bonds. The van der Waals surface area contributed by atoms with Gasteiger partial charge in [-0.25, -0.2) is 4.99 Å². The van der Waals surface area contributed by atoms with Crippen LogP contribution in [0.4, 0.5) is 5.69 Å². The van der Waals surface area contributed by atoms with Gasteiger partial charge in [0, 0.05) is 15.4 Å². The number of nitrogens with zero attached hydrogens (tertiary/aromatic N) is 1. The predicted octanol–water partition coefficient (Wildman–Crippen LogP) is 4.06. The molecule has 1 aliphatic carbocycles. The number of rotatable bonds is 0. The van der Waals surface area contributed by atoms with Crippen molar-refractivity contribution in [3.05, 3.63) is 64.6 Å². The van der Waals surface area contributed by atoms with E-state index < -0.39 is 0 Å². The summed E-state index contributed by atoms with van der Waals surface area (Å²) in [6, 6.07) is 13.7. The molecule has 2 aliphatic rings. The van der Waals surface area contributed by atoms with Gasteiger partial charge >= 0.3 is 0 Å². The van der Waals surface area contributed by atoms with Gasteiger partial charge in [0.2, 0.25) is 0 Å². The first-order valence-corrected chi connectivity index (χ1v) is 7.01. The highest BCUT2D eigenvalue weighted by Crippen LogP contribution is 2.43. The number of phenolic OH excluding ortho intramolecular Hbond substituents is 1. The number of benzene rings is 2. The Morgan fingerprint density at radius 2 is 2.00 bits per heavy atom. The van der Waals surface area contributed by atoms with Crippen LogP contribution in [-0.4, -0.2) is 10.8 Å². The molecular formula is C16H11NOS. The molecule has 1 heterocycles. The van der Waals surface area contributed by atoms with Crippen LogP contribution in [0.2, 0.25) is 0 Å². The van der Waals surface area contributed by atoms with Gasteiger partial charge in [0.05, 0.1) is 11.4 Å². The van der Waals surface area contributed by atoms with Crippen molar-refractivity contribution >= 4 is 23.2 Å². The van der Waals surface area contributed by atoms with E-state index in [-0.39, 0.29) is 0 Å². The zero-order chi connectivity index (χ0) is 12.8. The van der Waals surface area contributed by atoms with Gasteiger partial charge in [0.1, 0.15) is 5.75 Å². The molecule has 0 atom stereocenters. The highest BCUT2D eigenvalue weighted by atomic mass is 32.2. The fraction of sp³-hybridized carbons (Fsp3) is 0.0625. The molecule has 4 rings (SSSR count). The second-order valence-electron chi connectivity index (χ2n) is 4.64. The van der Waals surface area contributed by atoms with Crippen molar-refractivity contribution in [2.75, 3.05) is 0 Å². The Morgan fingerprint density at radius 3 is 2.95 bits per heavy atom. The number of phenols is 1. The van der Waals surface area contributed by atoms with Gasteiger partial charge in [0.15, 0.2) is 0 Å². The van der Waals surface area contributed by atoms with Crippen LogP contribution in [0, 0.1) is 0 Å². The Balaban J connectivity index is 1.93. The molecule has 0 bridgehead atoms. The van der Waals surface area contributed by atoms with Crippen molar-refractivity contribution in [3.63, 3.8) is 0 Å². The Bertz CT molecular complexity index is 746. The van der Waals surface area contributed by atoms with Crippen molar-refractivity contribution in [1.82, 2.24) is 0 Å². The summed E-state index contributed by atoms with van der Waals surface area (Å²) in [7, 11) is 0. The first-order chi connectivity index (χ1) is 9.31. The normalized spacial score (nSPS) is 15.8. The van der Waals surface area contributed by atoms with Gasteiger partial charge < -0.3 is 5.11 Å². The summed E-state index contributed by atoms with van der Waals surface area (Å²) >= 11 is 1.78. The maximum Gasteiger partial charge on any atom is 0.115 e. The summed E-state index contributed by atoms with van der Waals surface area (Å²) in [5, 5.41) is 9.58. The second kappa shape index (κ2) is 4.00. The van der Waals surface area contributed by atoms with Crippen LogP contribution in [0.25, 0.3) is 0 Å². The summed E-state index contributed by atoms with van der Waals surface area (Å²) in [4.78, 5) is 7.21. The molecule has 3 heteroatoms. The summed E-state index contributed by atoms with van der Waals surface area (Å²) < 4.78 is 0. The fourth-order valence-electron chi connectivity index (χ4n) is 2.49. The van der Waals surface area contributed by atoms with Gasteiger partial charge in [0.25, 0.3) is 0 Å². The molecule has 0 aromatic heterocycles. The van der Waals surface area contributed by atoms with E-state index in [4.69, 9.17) is 4.99 Å². The van der Waals surface area contributed by atoms with Crippen LogP contribution in [0.15, 0.2) is 63.3 Å². The molecule has 2 nitrogen and oxygen atoms in total. The first-order valence-electron chi connectivity index (χ1n) is 6.19. The summed E-state index contributed by atoms with van der Waals surface area (Å²) in [6.45, 7) is 0. The molecule has 0 saturated heterocycles. The van der Waals surface area contributed by atoms with E-state index in [2.05, 4.69) is 12.1 Å². The molecule has 0 fully saturated rings. The molecule has 0 spiro atoms. The Kier molecular flexibility index (Phi) is 2.29. The van der Waals surface area contributed by atoms with Gasteiger partial charge in [-0.05, 0) is 42.3 Å². The van der Waals surface area contributed by atoms with Gasteiger partial charge in [-0.2, -0.15) is 0 Å². The monoisotopic (exact) mass is 265 g/mol. The number of aliphatic imine (C=N–C) groups is 1. The summed E-state index contributed by atoms with van der Waals surface area (Å²) in [5.41, 5.74) is 4.34. The molecule has 2 aromatic carbocycles. The van der Waals surface area contributed by atoms with E-state index in [9.17, 15) is 5.11 Å². The molecule has 0 radical (unpaired) electrons. The SMILES string of the molecule is Oc1ccc2c(c1)CC=C1Sc3ccccc3N=C12. The van der Waals surface area contributed by atoms with Crippen molar-refractivity contribution in [1.29, 1.82) is 0 Å². The lowest BCUT2D eigenvalue weighted by molar-refractivity contribution is 0.474. The van der Waals surface area contributed by atoms with Crippen molar-refractivity contribution in [3.8, 4) is 5.75 Å². The van der Waals surface area contributed by atoms with Crippen LogP contribution in [-0.2, 0) is 6.42 Å². The van der Waals surface area contributed by atoms with E-state index in [1.807, 2.05) is 30.3 Å². The number of fused-ring (bicyclic) bond motifs is 4. The maximum atomic E-state index is 9.58. The van der Waals surface area contributed by atoms with Gasteiger partial charge in [-0.1, -0.05) is 30.0 Å². The van der Waals surface area contributed by atoms with E-state index >= 15 is 0 Å². The summed E-state index contributed by atoms with van der Waals surface area (Å²) in [5.74, 6) is 0.320. The average molecular weight is 265 g/mol. The number of aromatic hydroxyl groups is 1. The van der Waals surface area contributed by atoms with Crippen LogP contribution in [0.1, 0.15) is 11.1 Å². The number of allylic oxidation sites excluding steroid dienone is 2. The molecule has 1 aliphatic heterocycles. The van der Waals surface area contributed by atoms with E-state index in [1.165, 1.54) is 9.80 Å². The molecule has 1 N–H and O–H groups in total. The second-order valence-corrected chi connectivity index (χ2v) is 5.73. The zero-order valence-electron chi connectivity index (χ0n) is 10.1. The average Bonchev–Trinajstić information content (AvgIpc) is 2.44. The fourth-order valence-corrected chi connectivity index (χ4v) is 3.51. The third-order valence-corrected chi connectivity index (χ3v) is 4.55. The smallest absolute Gasteiger partial charge is 0.115 e. The quantitative estimate of drug-likeness (QED) is 0.779. The topological polar surface area (TPSA) is 32.6 Å². The van der Waals surface area contributed by atoms with Crippen LogP contribution in [0.5, 0.6) is 5.75 Å². The van der Waals surface area contributed by atoms with Crippen molar-refractivity contribution < 1.29 is 5.11 Å². The molecule has 0 unspecified atom stereocenters.